The highest BCUT2D eigenvalue weighted by Gasteiger charge is 2.19. The molecule has 1 aromatic carbocycles. The van der Waals surface area contributed by atoms with Crippen molar-refractivity contribution in [2.24, 2.45) is 0 Å². The second-order valence-corrected chi connectivity index (χ2v) is 6.05. The van der Waals surface area contributed by atoms with Crippen LogP contribution in [0.4, 0.5) is 0 Å². The van der Waals surface area contributed by atoms with E-state index in [9.17, 15) is 4.79 Å². The lowest BCUT2D eigenvalue weighted by atomic mass is 9.98. The molecule has 2 aromatic rings. The van der Waals surface area contributed by atoms with Crippen molar-refractivity contribution in [1.82, 2.24) is 10.2 Å². The van der Waals surface area contributed by atoms with Gasteiger partial charge in [-0.05, 0) is 18.4 Å². The fraction of sp³-hybridized carbons (Fsp3) is 0.400. The van der Waals surface area contributed by atoms with Crippen LogP contribution in [0.2, 0.25) is 0 Å². The summed E-state index contributed by atoms with van der Waals surface area (Å²) in [5.41, 5.74) is 1.23. The molecule has 0 bridgehead atoms. The summed E-state index contributed by atoms with van der Waals surface area (Å²) in [4.78, 5) is 11.4. The van der Waals surface area contributed by atoms with Crippen LogP contribution in [0.15, 0.2) is 40.0 Å². The molecule has 0 aliphatic rings. The number of ether oxygens (including phenoxy) is 1. The van der Waals surface area contributed by atoms with Gasteiger partial charge in [-0.1, -0.05) is 49.0 Å². The lowest BCUT2D eigenvalue weighted by Gasteiger charge is -2.08. The van der Waals surface area contributed by atoms with E-state index in [4.69, 9.17) is 4.42 Å². The summed E-state index contributed by atoms with van der Waals surface area (Å²) in [6.07, 6.45) is 0.671. The van der Waals surface area contributed by atoms with Gasteiger partial charge in [0, 0.05) is 6.42 Å². The molecule has 6 heteroatoms. The average Bonchev–Trinajstić information content (AvgIpc) is 2.94. The number of benzene rings is 1. The maximum absolute atomic E-state index is 11.4. The van der Waals surface area contributed by atoms with Crippen LogP contribution in [-0.4, -0.2) is 28.5 Å². The smallest absolute Gasteiger partial charge is 0.319 e. The summed E-state index contributed by atoms with van der Waals surface area (Å²) >= 11 is 1.21. The van der Waals surface area contributed by atoms with Crippen LogP contribution in [0.25, 0.3) is 0 Å². The van der Waals surface area contributed by atoms with Gasteiger partial charge in [-0.2, -0.15) is 0 Å². The van der Waals surface area contributed by atoms with Crippen LogP contribution in [0, 0.1) is 0 Å². The van der Waals surface area contributed by atoms with Crippen molar-refractivity contribution in [1.29, 1.82) is 0 Å². The number of esters is 1. The molecule has 21 heavy (non-hydrogen) atoms. The average molecular weight is 306 g/mol. The third kappa shape index (κ3) is 4.32. The molecule has 2 rings (SSSR count). The molecule has 0 spiro atoms. The first-order chi connectivity index (χ1) is 10.1. The molecule has 5 nitrogen and oxygen atoms in total. The van der Waals surface area contributed by atoms with Crippen molar-refractivity contribution in [3.05, 3.63) is 41.8 Å². The van der Waals surface area contributed by atoms with E-state index >= 15 is 0 Å². The number of hydrogen-bond donors (Lipinski definition) is 0. The highest BCUT2D eigenvalue weighted by atomic mass is 32.2. The standard InChI is InChI=1S/C15H18N2O3S/c1-10(12-7-5-4-6-8-12)9-13-16-17-15(20-13)21-11(2)14(18)19-3/h4-8,10-11H,9H2,1-3H3. The predicted octanol–water partition coefficient (Wildman–Crippen LogP) is 3.07. The van der Waals surface area contributed by atoms with Crippen molar-refractivity contribution < 1.29 is 13.9 Å². The Kier molecular flexibility index (Phi) is 5.38. The van der Waals surface area contributed by atoms with E-state index in [0.717, 1.165) is 0 Å². The molecule has 0 aliphatic carbocycles. The van der Waals surface area contributed by atoms with E-state index in [2.05, 4.69) is 34.0 Å². The molecular formula is C15H18N2O3S. The number of nitrogens with zero attached hydrogens (tertiary/aromatic N) is 2. The zero-order chi connectivity index (χ0) is 15.2. The van der Waals surface area contributed by atoms with E-state index in [1.807, 2.05) is 18.2 Å². The molecule has 1 heterocycles. The molecule has 112 valence electrons. The van der Waals surface area contributed by atoms with Crippen molar-refractivity contribution >= 4 is 17.7 Å². The lowest BCUT2D eigenvalue weighted by Crippen LogP contribution is -2.14. The minimum atomic E-state index is -0.366. The topological polar surface area (TPSA) is 65.2 Å². The number of rotatable bonds is 6. The van der Waals surface area contributed by atoms with Crippen LogP contribution in [0.5, 0.6) is 0 Å². The Bertz CT molecular complexity index is 586. The first-order valence-corrected chi connectivity index (χ1v) is 7.60. The summed E-state index contributed by atoms with van der Waals surface area (Å²) in [6.45, 7) is 3.86. The molecule has 0 radical (unpaired) electrons. The molecular weight excluding hydrogens is 288 g/mol. The van der Waals surface area contributed by atoms with Crippen molar-refractivity contribution in [2.75, 3.05) is 7.11 Å². The third-order valence-electron chi connectivity index (χ3n) is 3.11. The normalized spacial score (nSPS) is 13.7. The number of aromatic nitrogens is 2. The Morgan fingerprint density at radius 1 is 1.29 bits per heavy atom. The number of hydrogen-bond acceptors (Lipinski definition) is 6. The second kappa shape index (κ2) is 7.26. The fourth-order valence-electron chi connectivity index (χ4n) is 1.89. The van der Waals surface area contributed by atoms with Gasteiger partial charge in [0.2, 0.25) is 5.89 Å². The van der Waals surface area contributed by atoms with Crippen molar-refractivity contribution in [2.45, 2.75) is 36.7 Å². The summed E-state index contributed by atoms with van der Waals surface area (Å²) in [5, 5.41) is 8.01. The largest absolute Gasteiger partial charge is 0.468 e. The quantitative estimate of drug-likeness (QED) is 0.603. The summed E-state index contributed by atoms with van der Waals surface area (Å²) in [6, 6.07) is 10.2. The zero-order valence-electron chi connectivity index (χ0n) is 12.3. The van der Waals surface area contributed by atoms with E-state index in [0.29, 0.717) is 23.5 Å². The number of carbonyl (C=O) groups excluding carboxylic acids is 1. The third-order valence-corrected chi connectivity index (χ3v) is 4.02. The highest BCUT2D eigenvalue weighted by molar-refractivity contribution is 8.00. The Labute approximate surface area is 128 Å². The van der Waals surface area contributed by atoms with Crippen molar-refractivity contribution in [3.63, 3.8) is 0 Å². The minimum absolute atomic E-state index is 0.294. The Balaban J connectivity index is 1.96. The van der Waals surface area contributed by atoms with Crippen LogP contribution < -0.4 is 0 Å². The molecule has 1 aromatic heterocycles. The van der Waals surface area contributed by atoms with Gasteiger partial charge >= 0.3 is 5.97 Å². The van der Waals surface area contributed by atoms with E-state index in [1.54, 1.807) is 6.92 Å². The van der Waals surface area contributed by atoms with E-state index in [1.165, 1.54) is 24.4 Å². The first-order valence-electron chi connectivity index (χ1n) is 6.72. The fourth-order valence-corrected chi connectivity index (χ4v) is 2.62. The van der Waals surface area contributed by atoms with Crippen LogP contribution in [0.1, 0.15) is 31.2 Å². The van der Waals surface area contributed by atoms with Gasteiger partial charge in [-0.15, -0.1) is 10.2 Å². The SMILES string of the molecule is COC(=O)C(C)Sc1nnc(CC(C)c2ccccc2)o1. The maximum atomic E-state index is 11.4. The molecule has 0 saturated carbocycles. The Morgan fingerprint density at radius 2 is 2.00 bits per heavy atom. The number of carbonyl (C=O) groups is 1. The number of methoxy groups -OCH3 is 1. The Morgan fingerprint density at radius 3 is 2.67 bits per heavy atom. The van der Waals surface area contributed by atoms with Gasteiger partial charge < -0.3 is 9.15 Å². The van der Waals surface area contributed by atoms with Crippen LogP contribution in [0.3, 0.4) is 0 Å². The minimum Gasteiger partial charge on any atom is -0.468 e. The maximum Gasteiger partial charge on any atom is 0.319 e. The second-order valence-electron chi connectivity index (χ2n) is 4.76. The zero-order valence-corrected chi connectivity index (χ0v) is 13.1. The van der Waals surface area contributed by atoms with Gasteiger partial charge in [0.1, 0.15) is 5.25 Å². The highest BCUT2D eigenvalue weighted by Crippen LogP contribution is 2.25. The molecule has 0 amide bonds. The molecule has 0 saturated heterocycles. The molecule has 0 aliphatic heterocycles. The van der Waals surface area contributed by atoms with Gasteiger partial charge in [0.15, 0.2) is 0 Å². The summed E-state index contributed by atoms with van der Waals surface area (Å²) in [5.74, 6) is 0.561. The van der Waals surface area contributed by atoms with Crippen LogP contribution >= 0.6 is 11.8 Å². The van der Waals surface area contributed by atoms with E-state index in [-0.39, 0.29) is 11.2 Å². The van der Waals surface area contributed by atoms with Gasteiger partial charge in [0.05, 0.1) is 7.11 Å². The van der Waals surface area contributed by atoms with Gasteiger partial charge in [-0.25, -0.2) is 0 Å². The van der Waals surface area contributed by atoms with Crippen LogP contribution in [-0.2, 0) is 16.0 Å². The van der Waals surface area contributed by atoms with Gasteiger partial charge in [-0.3, -0.25) is 4.79 Å². The van der Waals surface area contributed by atoms with E-state index < -0.39 is 0 Å². The Hall–Kier alpha value is -1.82. The molecule has 2 atom stereocenters. The number of thioether (sulfide) groups is 1. The van der Waals surface area contributed by atoms with Gasteiger partial charge in [0.25, 0.3) is 5.22 Å². The first kappa shape index (κ1) is 15.6. The predicted molar refractivity (Wildman–Crippen MR) is 80.2 cm³/mol. The summed E-state index contributed by atoms with van der Waals surface area (Å²) in [7, 11) is 1.36. The lowest BCUT2D eigenvalue weighted by molar-refractivity contribution is -0.139. The summed E-state index contributed by atoms with van der Waals surface area (Å²) < 4.78 is 10.2. The molecule has 0 fully saturated rings. The van der Waals surface area contributed by atoms with Crippen molar-refractivity contribution in [3.8, 4) is 0 Å². The monoisotopic (exact) mass is 306 g/mol. The molecule has 2 unspecified atom stereocenters. The molecule has 0 N–H and O–H groups in total.